The first-order valence-corrected chi connectivity index (χ1v) is 5.37. The van der Waals surface area contributed by atoms with Crippen LogP contribution in [0.2, 0.25) is 0 Å². The molecule has 1 heteroatoms. The Morgan fingerprint density at radius 2 is 1.88 bits per heavy atom. The van der Waals surface area contributed by atoms with Gasteiger partial charge in [0.15, 0.2) is 0 Å². The summed E-state index contributed by atoms with van der Waals surface area (Å²) < 4.78 is 0. The van der Waals surface area contributed by atoms with Gasteiger partial charge in [0.2, 0.25) is 0 Å². The molecular weight excluding hydrogens is 196 g/mol. The van der Waals surface area contributed by atoms with Gasteiger partial charge >= 0.3 is 0 Å². The SMILES string of the molecule is C/C=C\c1cc2ccc(C=O)cc2cc1C. The Kier molecular flexibility index (Phi) is 2.86. The summed E-state index contributed by atoms with van der Waals surface area (Å²) >= 11 is 0. The molecule has 80 valence electrons. The fourth-order valence-corrected chi connectivity index (χ4v) is 1.88. The number of benzene rings is 2. The van der Waals surface area contributed by atoms with Gasteiger partial charge in [0, 0.05) is 5.56 Å². The Labute approximate surface area is 95.4 Å². The monoisotopic (exact) mass is 210 g/mol. The topological polar surface area (TPSA) is 17.1 Å². The van der Waals surface area contributed by atoms with Crippen LogP contribution in [-0.4, -0.2) is 6.29 Å². The highest BCUT2D eigenvalue weighted by atomic mass is 16.1. The molecule has 0 saturated carbocycles. The van der Waals surface area contributed by atoms with Crippen molar-refractivity contribution in [2.24, 2.45) is 0 Å². The van der Waals surface area contributed by atoms with E-state index in [1.807, 2.05) is 31.2 Å². The van der Waals surface area contributed by atoms with Crippen molar-refractivity contribution in [2.75, 3.05) is 0 Å². The number of allylic oxidation sites excluding steroid dienone is 1. The molecule has 0 unspecified atom stereocenters. The van der Waals surface area contributed by atoms with Gasteiger partial charge < -0.3 is 0 Å². The van der Waals surface area contributed by atoms with Gasteiger partial charge in [0.1, 0.15) is 6.29 Å². The third-order valence-electron chi connectivity index (χ3n) is 2.73. The third-order valence-corrected chi connectivity index (χ3v) is 2.73. The second kappa shape index (κ2) is 4.31. The van der Waals surface area contributed by atoms with E-state index >= 15 is 0 Å². The minimum atomic E-state index is 0.727. The number of carbonyl (C=O) groups is 1. The predicted octanol–water partition coefficient (Wildman–Crippen LogP) is 3.99. The summed E-state index contributed by atoms with van der Waals surface area (Å²) in [4.78, 5) is 10.7. The largest absolute Gasteiger partial charge is 0.298 e. The van der Waals surface area contributed by atoms with Crippen LogP contribution in [0, 0.1) is 6.92 Å². The number of fused-ring (bicyclic) bond motifs is 1. The summed E-state index contributed by atoms with van der Waals surface area (Å²) in [5, 5.41) is 2.29. The van der Waals surface area contributed by atoms with Gasteiger partial charge in [-0.25, -0.2) is 0 Å². The molecule has 2 aromatic rings. The highest BCUT2D eigenvalue weighted by molar-refractivity contribution is 5.90. The molecule has 2 rings (SSSR count). The number of aryl methyl sites for hydroxylation is 1. The average molecular weight is 210 g/mol. The molecule has 0 aromatic heterocycles. The molecule has 2 aromatic carbocycles. The lowest BCUT2D eigenvalue weighted by Crippen LogP contribution is -1.85. The molecule has 0 amide bonds. The lowest BCUT2D eigenvalue weighted by molar-refractivity contribution is 0.112. The van der Waals surface area contributed by atoms with Gasteiger partial charge in [-0.15, -0.1) is 0 Å². The Morgan fingerprint density at radius 1 is 1.06 bits per heavy atom. The van der Waals surface area contributed by atoms with Crippen molar-refractivity contribution in [3.8, 4) is 0 Å². The molecule has 0 aliphatic carbocycles. The van der Waals surface area contributed by atoms with Crippen molar-refractivity contribution in [3.63, 3.8) is 0 Å². The van der Waals surface area contributed by atoms with Crippen molar-refractivity contribution in [1.29, 1.82) is 0 Å². The maximum atomic E-state index is 10.7. The minimum Gasteiger partial charge on any atom is -0.298 e. The number of aldehydes is 1. The molecular formula is C15H14O. The molecule has 0 fully saturated rings. The maximum absolute atomic E-state index is 10.7. The number of hydrogen-bond acceptors (Lipinski definition) is 1. The van der Waals surface area contributed by atoms with E-state index < -0.39 is 0 Å². The Balaban J connectivity index is 2.68. The van der Waals surface area contributed by atoms with E-state index in [0.29, 0.717) is 0 Å². The fourth-order valence-electron chi connectivity index (χ4n) is 1.88. The van der Waals surface area contributed by atoms with Gasteiger partial charge in [-0.05, 0) is 47.9 Å². The zero-order valence-corrected chi connectivity index (χ0v) is 9.53. The van der Waals surface area contributed by atoms with Crippen LogP contribution in [0.25, 0.3) is 16.8 Å². The third kappa shape index (κ3) is 1.89. The van der Waals surface area contributed by atoms with Crippen molar-refractivity contribution < 1.29 is 4.79 Å². The number of rotatable bonds is 2. The number of carbonyl (C=O) groups excluding carboxylic acids is 1. The molecule has 1 nitrogen and oxygen atoms in total. The van der Waals surface area contributed by atoms with E-state index in [2.05, 4.69) is 25.1 Å². The van der Waals surface area contributed by atoms with Crippen LogP contribution in [0.3, 0.4) is 0 Å². The summed E-state index contributed by atoms with van der Waals surface area (Å²) in [5.74, 6) is 0. The van der Waals surface area contributed by atoms with Crippen LogP contribution in [0.15, 0.2) is 36.4 Å². The molecule has 0 saturated heterocycles. The molecule has 0 aliphatic heterocycles. The fraction of sp³-hybridized carbons (Fsp3) is 0.133. The zero-order valence-electron chi connectivity index (χ0n) is 9.53. The summed E-state index contributed by atoms with van der Waals surface area (Å²) in [7, 11) is 0. The van der Waals surface area contributed by atoms with E-state index in [1.54, 1.807) is 0 Å². The molecule has 0 heterocycles. The molecule has 0 spiro atoms. The molecule has 0 bridgehead atoms. The van der Waals surface area contributed by atoms with E-state index in [4.69, 9.17) is 0 Å². The summed E-state index contributed by atoms with van der Waals surface area (Å²) in [6.45, 7) is 4.10. The summed E-state index contributed by atoms with van der Waals surface area (Å²) in [6, 6.07) is 10.0. The zero-order chi connectivity index (χ0) is 11.5. The van der Waals surface area contributed by atoms with Crippen LogP contribution in [0.1, 0.15) is 28.4 Å². The Morgan fingerprint density at radius 3 is 2.56 bits per heavy atom. The first-order chi connectivity index (χ1) is 7.74. The average Bonchev–Trinajstić information content (AvgIpc) is 2.30. The normalized spacial score (nSPS) is 11.1. The first kappa shape index (κ1) is 10.6. The Hall–Kier alpha value is -1.89. The quantitative estimate of drug-likeness (QED) is 0.685. The standard InChI is InChI=1S/C15H14O/c1-3-4-13-9-14-6-5-12(10-16)8-15(14)7-11(13)2/h3-10H,1-2H3/b4-3-. The van der Waals surface area contributed by atoms with Crippen LogP contribution >= 0.6 is 0 Å². The van der Waals surface area contributed by atoms with Crippen molar-refractivity contribution in [2.45, 2.75) is 13.8 Å². The molecule has 0 aliphatic rings. The van der Waals surface area contributed by atoms with Crippen LogP contribution in [-0.2, 0) is 0 Å². The minimum absolute atomic E-state index is 0.727. The second-order valence-corrected chi connectivity index (χ2v) is 3.93. The molecule has 0 radical (unpaired) electrons. The maximum Gasteiger partial charge on any atom is 0.150 e. The lowest BCUT2D eigenvalue weighted by atomic mass is 10.00. The van der Waals surface area contributed by atoms with Crippen molar-refractivity contribution in [1.82, 2.24) is 0 Å². The highest BCUT2D eigenvalue weighted by Gasteiger charge is 2.00. The molecule has 0 N–H and O–H groups in total. The predicted molar refractivity (Wildman–Crippen MR) is 68.8 cm³/mol. The van der Waals surface area contributed by atoms with Crippen LogP contribution in [0.4, 0.5) is 0 Å². The second-order valence-electron chi connectivity index (χ2n) is 3.93. The van der Waals surface area contributed by atoms with Gasteiger partial charge in [-0.2, -0.15) is 0 Å². The van der Waals surface area contributed by atoms with Gasteiger partial charge in [0.05, 0.1) is 0 Å². The molecule has 16 heavy (non-hydrogen) atoms. The van der Waals surface area contributed by atoms with E-state index in [0.717, 1.165) is 17.2 Å². The van der Waals surface area contributed by atoms with Gasteiger partial charge in [-0.3, -0.25) is 4.79 Å². The van der Waals surface area contributed by atoms with Crippen LogP contribution < -0.4 is 0 Å². The van der Waals surface area contributed by atoms with Crippen LogP contribution in [0.5, 0.6) is 0 Å². The van der Waals surface area contributed by atoms with Gasteiger partial charge in [0.25, 0.3) is 0 Å². The van der Waals surface area contributed by atoms with Crippen molar-refractivity contribution >= 4 is 23.1 Å². The summed E-state index contributed by atoms with van der Waals surface area (Å²) in [5.41, 5.74) is 3.19. The first-order valence-electron chi connectivity index (χ1n) is 5.37. The smallest absolute Gasteiger partial charge is 0.150 e. The van der Waals surface area contributed by atoms with Crippen molar-refractivity contribution in [3.05, 3.63) is 53.1 Å². The van der Waals surface area contributed by atoms with E-state index in [1.165, 1.54) is 16.5 Å². The highest BCUT2D eigenvalue weighted by Crippen LogP contribution is 2.21. The lowest BCUT2D eigenvalue weighted by Gasteiger charge is -2.05. The Bertz CT molecular complexity index is 565. The van der Waals surface area contributed by atoms with Gasteiger partial charge in [-0.1, -0.05) is 30.4 Å². The summed E-state index contributed by atoms with van der Waals surface area (Å²) in [6.07, 6.45) is 5.02. The number of hydrogen-bond donors (Lipinski definition) is 0. The van der Waals surface area contributed by atoms with E-state index in [-0.39, 0.29) is 0 Å². The molecule has 0 atom stereocenters. The van der Waals surface area contributed by atoms with E-state index in [9.17, 15) is 4.79 Å².